The van der Waals surface area contributed by atoms with E-state index in [0.29, 0.717) is 35.3 Å². The van der Waals surface area contributed by atoms with Crippen molar-refractivity contribution >= 4 is 40.3 Å². The molecule has 3 amide bonds. The molecule has 38 heavy (non-hydrogen) atoms. The first-order valence-electron chi connectivity index (χ1n) is 11.8. The fourth-order valence-electron chi connectivity index (χ4n) is 3.77. The van der Waals surface area contributed by atoms with Gasteiger partial charge in [-0.2, -0.15) is 13.2 Å². The Hall–Kier alpha value is -3.67. The second-order valence-corrected chi connectivity index (χ2v) is 11.0. The highest BCUT2D eigenvalue weighted by atomic mass is 19.4. The number of carbonyl (C=O) groups is 2. The van der Waals surface area contributed by atoms with Crippen LogP contribution in [0.25, 0.3) is 11.0 Å². The van der Waals surface area contributed by atoms with Gasteiger partial charge >= 0.3 is 12.2 Å². The summed E-state index contributed by atoms with van der Waals surface area (Å²) < 4.78 is 54.2. The van der Waals surface area contributed by atoms with Crippen LogP contribution >= 0.6 is 0 Å². The molecule has 3 N–H and O–H groups in total. The van der Waals surface area contributed by atoms with Gasteiger partial charge < -0.3 is 19.9 Å². The highest BCUT2D eigenvalue weighted by Gasteiger charge is 2.34. The smallest absolute Gasteiger partial charge is 0.389 e. The van der Waals surface area contributed by atoms with Crippen molar-refractivity contribution in [3.8, 4) is 0 Å². The Balaban J connectivity index is 1.92. The normalized spacial score (nSPS) is 12.5. The summed E-state index contributed by atoms with van der Waals surface area (Å²) in [4.78, 5) is 31.3. The Morgan fingerprint density at radius 3 is 2.26 bits per heavy atom. The maximum absolute atomic E-state index is 13.6. The lowest BCUT2D eigenvalue weighted by Crippen LogP contribution is -2.29. The lowest BCUT2D eigenvalue weighted by atomic mass is 9.91. The molecule has 0 spiro atoms. The molecule has 0 radical (unpaired) electrons. The van der Waals surface area contributed by atoms with E-state index in [-0.39, 0.29) is 29.5 Å². The summed E-state index contributed by atoms with van der Waals surface area (Å²) >= 11 is 0. The molecule has 12 heteroatoms. The van der Waals surface area contributed by atoms with E-state index in [2.05, 4.69) is 15.6 Å². The number of fused-ring (bicyclic) bond motifs is 1. The molecular formula is C26H31F4N5O3. The number of rotatable bonds is 6. The van der Waals surface area contributed by atoms with Gasteiger partial charge in [-0.05, 0) is 55.7 Å². The zero-order valence-electron chi connectivity index (χ0n) is 22.0. The average molecular weight is 538 g/mol. The highest BCUT2D eigenvalue weighted by molar-refractivity contribution is 6.00. The van der Waals surface area contributed by atoms with Crippen LogP contribution in [0.15, 0.2) is 36.4 Å². The van der Waals surface area contributed by atoms with Gasteiger partial charge in [-0.25, -0.2) is 14.2 Å². The molecule has 2 aromatic carbocycles. The van der Waals surface area contributed by atoms with E-state index in [9.17, 15) is 32.3 Å². The molecule has 1 heterocycles. The Labute approximate surface area is 217 Å². The van der Waals surface area contributed by atoms with Crippen molar-refractivity contribution < 1.29 is 32.3 Å². The van der Waals surface area contributed by atoms with E-state index in [1.54, 1.807) is 43.7 Å². The van der Waals surface area contributed by atoms with Crippen LogP contribution in [0.2, 0.25) is 0 Å². The summed E-state index contributed by atoms with van der Waals surface area (Å²) in [7, 11) is 1.65. The molecule has 0 aliphatic rings. The van der Waals surface area contributed by atoms with E-state index in [0.717, 1.165) is 6.07 Å². The number of amides is 3. The third-order valence-electron chi connectivity index (χ3n) is 5.47. The fraction of sp³-hybridized carbons (Fsp3) is 0.423. The number of hydrogen-bond donors (Lipinski definition) is 3. The monoisotopic (exact) mass is 537 g/mol. The summed E-state index contributed by atoms with van der Waals surface area (Å²) in [6.45, 7) is 9.02. The number of nitrogens with zero attached hydrogens (tertiary/aromatic N) is 3. The number of imidazole rings is 1. The van der Waals surface area contributed by atoms with Gasteiger partial charge in [0.05, 0.1) is 28.7 Å². The van der Waals surface area contributed by atoms with Crippen LogP contribution in [0.1, 0.15) is 46.6 Å². The Bertz CT molecular complexity index is 1350. The zero-order chi connectivity index (χ0) is 28.6. The number of urea groups is 1. The first kappa shape index (κ1) is 28.9. The van der Waals surface area contributed by atoms with Gasteiger partial charge in [0.2, 0.25) is 11.9 Å². The predicted octanol–water partition coefficient (Wildman–Crippen LogP) is 6.01. The van der Waals surface area contributed by atoms with Crippen LogP contribution in [0.4, 0.5) is 39.7 Å². The van der Waals surface area contributed by atoms with E-state index < -0.39 is 29.2 Å². The van der Waals surface area contributed by atoms with Crippen molar-refractivity contribution in [1.29, 1.82) is 0 Å². The van der Waals surface area contributed by atoms with E-state index in [1.807, 2.05) is 20.8 Å². The highest BCUT2D eigenvalue weighted by Crippen LogP contribution is 2.33. The van der Waals surface area contributed by atoms with Gasteiger partial charge in [0, 0.05) is 24.8 Å². The molecule has 1 aromatic heterocycles. The first-order valence-corrected chi connectivity index (χ1v) is 11.8. The molecule has 0 saturated carbocycles. The second-order valence-electron chi connectivity index (χ2n) is 11.0. The molecule has 0 aliphatic carbocycles. The van der Waals surface area contributed by atoms with E-state index >= 15 is 0 Å². The quantitative estimate of drug-likeness (QED) is 0.336. The number of halogens is 4. The Morgan fingerprint density at radius 2 is 1.68 bits per heavy atom. The fourth-order valence-corrected chi connectivity index (χ4v) is 3.77. The molecule has 0 atom stereocenters. The molecule has 0 unspecified atom stereocenters. The van der Waals surface area contributed by atoms with Crippen molar-refractivity contribution in [2.24, 2.45) is 5.41 Å². The maximum atomic E-state index is 13.6. The van der Waals surface area contributed by atoms with Gasteiger partial charge in [0.15, 0.2) is 0 Å². The number of aromatic nitrogens is 2. The summed E-state index contributed by atoms with van der Waals surface area (Å²) in [5.74, 6) is -1.54. The lowest BCUT2D eigenvalue weighted by molar-refractivity contribution is -0.140. The van der Waals surface area contributed by atoms with Crippen LogP contribution in [0.3, 0.4) is 0 Å². The summed E-state index contributed by atoms with van der Waals surface area (Å²) in [5.41, 5.74) is -1.68. The minimum absolute atomic E-state index is 0.0126. The van der Waals surface area contributed by atoms with Crippen molar-refractivity contribution in [2.45, 2.75) is 59.4 Å². The van der Waals surface area contributed by atoms with Gasteiger partial charge in [0.25, 0.3) is 0 Å². The minimum Gasteiger partial charge on any atom is -0.389 e. The average Bonchev–Trinajstić information content (AvgIpc) is 3.07. The van der Waals surface area contributed by atoms with E-state index in [1.165, 1.54) is 4.90 Å². The van der Waals surface area contributed by atoms with Crippen molar-refractivity contribution in [3.05, 3.63) is 47.8 Å². The van der Waals surface area contributed by atoms with Crippen LogP contribution < -0.4 is 15.5 Å². The minimum atomic E-state index is -4.93. The molecule has 0 fully saturated rings. The zero-order valence-corrected chi connectivity index (χ0v) is 22.0. The predicted molar refractivity (Wildman–Crippen MR) is 138 cm³/mol. The van der Waals surface area contributed by atoms with Crippen molar-refractivity contribution in [1.82, 2.24) is 9.55 Å². The largest absolute Gasteiger partial charge is 0.419 e. The molecule has 0 bridgehead atoms. The number of anilines is 3. The maximum Gasteiger partial charge on any atom is 0.419 e. The van der Waals surface area contributed by atoms with Crippen LogP contribution in [0, 0.1) is 11.2 Å². The number of benzene rings is 2. The summed E-state index contributed by atoms with van der Waals surface area (Å²) in [5, 5.41) is 15.2. The van der Waals surface area contributed by atoms with Crippen LogP contribution in [-0.2, 0) is 17.5 Å². The molecule has 206 valence electrons. The molecule has 8 nitrogen and oxygen atoms in total. The SMILES string of the molecule is CN(C(=O)CC(C)(C)C)c1ccc2c(c1)nc(NC(=O)Nc1ccc(F)c(C(F)(F)F)c1)n2CC(C)(C)O. The topological polar surface area (TPSA) is 99.5 Å². The molecule has 0 saturated heterocycles. The van der Waals surface area contributed by atoms with Crippen molar-refractivity contribution in [2.75, 3.05) is 22.6 Å². The molecular weight excluding hydrogens is 506 g/mol. The van der Waals surface area contributed by atoms with Gasteiger partial charge in [-0.1, -0.05) is 20.8 Å². The lowest BCUT2D eigenvalue weighted by Gasteiger charge is -2.23. The van der Waals surface area contributed by atoms with Crippen LogP contribution in [0.5, 0.6) is 0 Å². The third kappa shape index (κ3) is 7.21. The molecule has 3 aromatic rings. The Morgan fingerprint density at radius 1 is 1.03 bits per heavy atom. The third-order valence-corrected chi connectivity index (χ3v) is 5.47. The number of aliphatic hydroxyl groups is 1. The summed E-state index contributed by atoms with van der Waals surface area (Å²) in [6, 6.07) is 6.26. The van der Waals surface area contributed by atoms with Gasteiger partial charge in [-0.3, -0.25) is 10.1 Å². The summed E-state index contributed by atoms with van der Waals surface area (Å²) in [6.07, 6.45) is -4.61. The molecule has 3 rings (SSSR count). The second kappa shape index (κ2) is 10.2. The molecule has 0 aliphatic heterocycles. The van der Waals surface area contributed by atoms with Crippen LogP contribution in [-0.4, -0.2) is 39.2 Å². The number of nitrogens with one attached hydrogen (secondary N) is 2. The first-order chi connectivity index (χ1) is 17.3. The standard InChI is InChI=1S/C26H31F4N5O3/c1-24(2,3)13-21(36)34(6)16-8-10-20-19(12-16)32-22(35(20)14-25(4,5)38)33-23(37)31-15-7-9-18(27)17(11-15)26(28,29)30/h7-12,38H,13-14H2,1-6H3,(H2,31,32,33,37). The Kier molecular flexibility index (Phi) is 7.79. The van der Waals surface area contributed by atoms with Crippen molar-refractivity contribution in [3.63, 3.8) is 0 Å². The number of carbonyl (C=O) groups excluding carboxylic acids is 2. The van der Waals surface area contributed by atoms with Gasteiger partial charge in [-0.15, -0.1) is 0 Å². The van der Waals surface area contributed by atoms with Gasteiger partial charge in [0.1, 0.15) is 5.82 Å². The van der Waals surface area contributed by atoms with E-state index in [4.69, 9.17) is 0 Å². The number of alkyl halides is 3. The number of hydrogen-bond acceptors (Lipinski definition) is 4.